The Kier molecular flexibility index (Phi) is 4.55. The highest BCUT2D eigenvalue weighted by Gasteiger charge is 1.93. The SMILES string of the molecule is C=[N+](C)Cc1ccccc1.[Cl-]. The minimum Gasteiger partial charge on any atom is -1.00 e. The molecule has 1 aromatic carbocycles. The lowest BCUT2D eigenvalue weighted by atomic mass is 10.2. The lowest BCUT2D eigenvalue weighted by Gasteiger charge is -1.93. The van der Waals surface area contributed by atoms with E-state index in [2.05, 4.69) is 18.9 Å². The van der Waals surface area contributed by atoms with Gasteiger partial charge in [-0.3, -0.25) is 0 Å². The maximum absolute atomic E-state index is 3.77. The zero-order valence-electron chi connectivity index (χ0n) is 6.63. The molecule has 0 saturated heterocycles. The molecular weight excluding hydrogens is 158 g/mol. The molecule has 0 spiro atoms. The molecule has 2 heteroatoms. The Morgan fingerprint density at radius 3 is 2.27 bits per heavy atom. The largest absolute Gasteiger partial charge is 1.00 e. The third kappa shape index (κ3) is 3.79. The van der Waals surface area contributed by atoms with E-state index < -0.39 is 0 Å². The zero-order valence-corrected chi connectivity index (χ0v) is 7.38. The van der Waals surface area contributed by atoms with Crippen LogP contribution in [0.3, 0.4) is 0 Å². The first-order chi connectivity index (χ1) is 4.79. The van der Waals surface area contributed by atoms with Gasteiger partial charge in [-0.1, -0.05) is 30.3 Å². The van der Waals surface area contributed by atoms with Crippen LogP contribution in [0, 0.1) is 0 Å². The highest BCUT2D eigenvalue weighted by Crippen LogP contribution is 1.97. The second-order valence-electron chi connectivity index (χ2n) is 2.50. The van der Waals surface area contributed by atoms with E-state index in [4.69, 9.17) is 0 Å². The molecule has 0 heterocycles. The predicted octanol–water partition coefficient (Wildman–Crippen LogP) is -1.47. The first-order valence-electron chi connectivity index (χ1n) is 3.34. The van der Waals surface area contributed by atoms with Crippen LogP contribution in [0.4, 0.5) is 0 Å². The maximum atomic E-state index is 3.77. The molecule has 0 unspecified atom stereocenters. The number of hydrogen-bond donors (Lipinski definition) is 0. The summed E-state index contributed by atoms with van der Waals surface area (Å²) in [4.78, 5) is 0. The number of halogens is 1. The van der Waals surface area contributed by atoms with Gasteiger partial charge >= 0.3 is 0 Å². The van der Waals surface area contributed by atoms with Gasteiger partial charge in [-0.25, -0.2) is 4.58 Å². The van der Waals surface area contributed by atoms with Gasteiger partial charge in [-0.05, 0) is 0 Å². The first kappa shape index (κ1) is 10.2. The van der Waals surface area contributed by atoms with Crippen LogP contribution in [-0.4, -0.2) is 18.3 Å². The Labute approximate surface area is 73.8 Å². The van der Waals surface area contributed by atoms with Crippen molar-refractivity contribution in [3.63, 3.8) is 0 Å². The molecule has 0 aliphatic rings. The summed E-state index contributed by atoms with van der Waals surface area (Å²) in [5, 5.41) is 0. The monoisotopic (exact) mass is 169 g/mol. The fourth-order valence-corrected chi connectivity index (χ4v) is 0.895. The van der Waals surface area contributed by atoms with Gasteiger partial charge in [0.1, 0.15) is 13.8 Å². The Morgan fingerprint density at radius 2 is 1.82 bits per heavy atom. The minimum atomic E-state index is 0. The lowest BCUT2D eigenvalue weighted by molar-refractivity contribution is -0.505. The van der Waals surface area contributed by atoms with Crippen LogP contribution in [-0.2, 0) is 6.54 Å². The molecule has 60 valence electrons. The van der Waals surface area contributed by atoms with E-state index in [9.17, 15) is 0 Å². The average Bonchev–Trinajstić information content (AvgIpc) is 1.88. The van der Waals surface area contributed by atoms with Crippen molar-refractivity contribution in [2.75, 3.05) is 7.05 Å². The first-order valence-corrected chi connectivity index (χ1v) is 3.34. The quantitative estimate of drug-likeness (QED) is 0.376. The molecule has 0 N–H and O–H groups in total. The normalized spacial score (nSPS) is 8.45. The highest BCUT2D eigenvalue weighted by molar-refractivity contribution is 5.17. The number of benzene rings is 1. The van der Waals surface area contributed by atoms with Gasteiger partial charge in [0.25, 0.3) is 0 Å². The van der Waals surface area contributed by atoms with Crippen LogP contribution in [0.25, 0.3) is 0 Å². The summed E-state index contributed by atoms with van der Waals surface area (Å²) in [6.07, 6.45) is 0. The van der Waals surface area contributed by atoms with Crippen LogP contribution in [0.15, 0.2) is 30.3 Å². The second-order valence-corrected chi connectivity index (χ2v) is 2.50. The number of rotatable bonds is 2. The predicted molar refractivity (Wildman–Crippen MR) is 43.5 cm³/mol. The van der Waals surface area contributed by atoms with Crippen LogP contribution in [0.2, 0.25) is 0 Å². The summed E-state index contributed by atoms with van der Waals surface area (Å²) >= 11 is 0. The van der Waals surface area contributed by atoms with Crippen molar-refractivity contribution < 1.29 is 17.0 Å². The number of nitrogens with zero attached hydrogens (tertiary/aromatic N) is 1. The standard InChI is InChI=1S/C9H12N.ClH/c1-10(2)8-9-6-4-3-5-7-9;/h3-7H,1,8H2,2H3;1H/q+1;/p-1. The maximum Gasteiger partial charge on any atom is 0.167 e. The molecule has 0 amide bonds. The molecule has 0 saturated carbocycles. The van der Waals surface area contributed by atoms with Crippen LogP contribution >= 0.6 is 0 Å². The smallest absolute Gasteiger partial charge is 0.167 e. The third-order valence-corrected chi connectivity index (χ3v) is 1.30. The van der Waals surface area contributed by atoms with Gasteiger partial charge in [0, 0.05) is 5.56 Å². The van der Waals surface area contributed by atoms with E-state index in [0.29, 0.717) is 0 Å². The van der Waals surface area contributed by atoms with E-state index in [-0.39, 0.29) is 12.4 Å². The van der Waals surface area contributed by atoms with E-state index >= 15 is 0 Å². The molecule has 1 nitrogen and oxygen atoms in total. The lowest BCUT2D eigenvalue weighted by Crippen LogP contribution is -3.00. The average molecular weight is 170 g/mol. The minimum absolute atomic E-state index is 0. The molecule has 0 bridgehead atoms. The molecule has 1 aromatic rings. The van der Waals surface area contributed by atoms with Crippen molar-refractivity contribution in [1.29, 1.82) is 0 Å². The third-order valence-electron chi connectivity index (χ3n) is 1.30. The summed E-state index contributed by atoms with van der Waals surface area (Å²) < 4.78 is 1.91. The van der Waals surface area contributed by atoms with Crippen molar-refractivity contribution >= 4 is 6.72 Å². The fourth-order valence-electron chi connectivity index (χ4n) is 0.895. The van der Waals surface area contributed by atoms with E-state index in [1.54, 1.807) is 0 Å². The molecule has 0 aliphatic heterocycles. The van der Waals surface area contributed by atoms with Crippen molar-refractivity contribution in [1.82, 2.24) is 0 Å². The van der Waals surface area contributed by atoms with Crippen molar-refractivity contribution in [3.8, 4) is 0 Å². The second kappa shape index (κ2) is 4.91. The van der Waals surface area contributed by atoms with Gasteiger partial charge in [0.15, 0.2) is 6.54 Å². The molecule has 0 fully saturated rings. The topological polar surface area (TPSA) is 3.01 Å². The van der Waals surface area contributed by atoms with Gasteiger partial charge < -0.3 is 12.4 Å². The summed E-state index contributed by atoms with van der Waals surface area (Å²) in [5.41, 5.74) is 1.31. The van der Waals surface area contributed by atoms with Gasteiger partial charge in [-0.15, -0.1) is 0 Å². The summed E-state index contributed by atoms with van der Waals surface area (Å²) in [7, 11) is 1.97. The Morgan fingerprint density at radius 1 is 1.27 bits per heavy atom. The number of hydrogen-bond acceptors (Lipinski definition) is 0. The molecule has 11 heavy (non-hydrogen) atoms. The Balaban J connectivity index is 0.000001000. The molecule has 0 aliphatic carbocycles. The highest BCUT2D eigenvalue weighted by atomic mass is 35.5. The van der Waals surface area contributed by atoms with Gasteiger partial charge in [0.05, 0.1) is 0 Å². The van der Waals surface area contributed by atoms with Crippen LogP contribution < -0.4 is 12.4 Å². The summed E-state index contributed by atoms with van der Waals surface area (Å²) in [5.74, 6) is 0. The van der Waals surface area contributed by atoms with Crippen LogP contribution in [0.1, 0.15) is 5.56 Å². The summed E-state index contributed by atoms with van der Waals surface area (Å²) in [6, 6.07) is 10.3. The Hall–Kier alpha value is -0.820. The molecule has 0 aromatic heterocycles. The van der Waals surface area contributed by atoms with Crippen molar-refractivity contribution in [2.45, 2.75) is 6.54 Å². The van der Waals surface area contributed by atoms with E-state index in [1.165, 1.54) is 5.56 Å². The van der Waals surface area contributed by atoms with Crippen LogP contribution in [0.5, 0.6) is 0 Å². The fraction of sp³-hybridized carbons (Fsp3) is 0.222. The molecule has 0 radical (unpaired) electrons. The van der Waals surface area contributed by atoms with Crippen molar-refractivity contribution in [3.05, 3.63) is 35.9 Å². The van der Waals surface area contributed by atoms with E-state index in [1.807, 2.05) is 29.8 Å². The Bertz CT molecular complexity index is 218. The molecule has 0 atom stereocenters. The summed E-state index contributed by atoms with van der Waals surface area (Å²) in [6.45, 7) is 4.68. The molecular formula is C9H12ClN. The van der Waals surface area contributed by atoms with Crippen molar-refractivity contribution in [2.24, 2.45) is 0 Å². The molecule has 1 rings (SSSR count). The van der Waals surface area contributed by atoms with Gasteiger partial charge in [-0.2, -0.15) is 0 Å². The zero-order chi connectivity index (χ0) is 7.40. The van der Waals surface area contributed by atoms with Gasteiger partial charge in [0.2, 0.25) is 0 Å². The van der Waals surface area contributed by atoms with E-state index in [0.717, 1.165) is 6.54 Å².